The van der Waals surface area contributed by atoms with Crippen LogP contribution in [-0.4, -0.2) is 27.0 Å². The van der Waals surface area contributed by atoms with Gasteiger partial charge in [-0.2, -0.15) is 0 Å². The Bertz CT molecular complexity index is 816. The normalized spacial score (nSPS) is 12.2. The molecule has 7 nitrogen and oxygen atoms in total. The van der Waals surface area contributed by atoms with Crippen LogP contribution in [0, 0.1) is 0 Å². The third kappa shape index (κ3) is 4.43. The number of aromatic nitrogens is 3. The van der Waals surface area contributed by atoms with Gasteiger partial charge in [0.25, 0.3) is 0 Å². The second-order valence-electron chi connectivity index (χ2n) is 6.11. The number of guanidine groups is 1. The fourth-order valence-electron chi connectivity index (χ4n) is 2.84. The molecule has 0 aliphatic carbocycles. The van der Waals surface area contributed by atoms with E-state index in [9.17, 15) is 0 Å². The molecule has 0 bridgehead atoms. The quantitative estimate of drug-likeness (QED) is 0.466. The minimum Gasteiger partial charge on any atom is -0.359 e. The molecule has 0 aliphatic heterocycles. The summed E-state index contributed by atoms with van der Waals surface area (Å²) in [5.41, 5.74) is 1.98. The molecule has 0 unspecified atom stereocenters. The lowest BCUT2D eigenvalue weighted by Gasteiger charge is -2.09. The zero-order chi connectivity index (χ0) is 18.4. The fraction of sp³-hybridized carbons (Fsp3) is 0.500. The highest BCUT2D eigenvalue weighted by molar-refractivity contribution is 7.15. The Kier molecular flexibility index (Phi) is 6.27. The molecule has 3 heterocycles. The number of fused-ring (bicyclic) bond motifs is 1. The summed E-state index contributed by atoms with van der Waals surface area (Å²) in [5, 5.41) is 12.8. The van der Waals surface area contributed by atoms with Gasteiger partial charge in [0.1, 0.15) is 0 Å². The third-order valence-corrected chi connectivity index (χ3v) is 5.07. The Morgan fingerprint density at radius 1 is 1.31 bits per heavy atom. The predicted octanol–water partition coefficient (Wildman–Crippen LogP) is 3.54. The topological polar surface area (TPSA) is 79.8 Å². The largest absolute Gasteiger partial charge is 0.359 e. The van der Waals surface area contributed by atoms with Crippen LogP contribution in [0.25, 0.3) is 4.96 Å². The Labute approximate surface area is 157 Å². The molecule has 8 heteroatoms. The Morgan fingerprint density at radius 2 is 2.15 bits per heavy atom. The minimum atomic E-state index is 0.462. The number of hydrogen-bond acceptors (Lipinski definition) is 5. The van der Waals surface area contributed by atoms with Crippen molar-refractivity contribution in [3.8, 4) is 0 Å². The van der Waals surface area contributed by atoms with Gasteiger partial charge in [-0.05, 0) is 19.8 Å². The average molecular weight is 375 g/mol. The summed E-state index contributed by atoms with van der Waals surface area (Å²) >= 11 is 1.62. The van der Waals surface area contributed by atoms with Crippen LogP contribution in [0.15, 0.2) is 33.4 Å². The number of aliphatic imine (C=N–C) groups is 1. The van der Waals surface area contributed by atoms with Crippen molar-refractivity contribution in [2.75, 3.05) is 6.54 Å². The average Bonchev–Trinajstić information content (AvgIpc) is 3.35. The number of imidazole rings is 1. The lowest BCUT2D eigenvalue weighted by atomic mass is 9.99. The van der Waals surface area contributed by atoms with E-state index in [2.05, 4.69) is 39.6 Å². The molecule has 0 fully saturated rings. The molecule has 0 atom stereocenters. The molecule has 0 saturated carbocycles. The number of nitrogens with zero attached hydrogens (tertiary/aromatic N) is 4. The van der Waals surface area contributed by atoms with Gasteiger partial charge in [-0.25, -0.2) is 9.98 Å². The molecule has 140 valence electrons. The van der Waals surface area contributed by atoms with E-state index in [-0.39, 0.29) is 0 Å². The first-order valence-electron chi connectivity index (χ1n) is 9.12. The molecule has 26 heavy (non-hydrogen) atoms. The molecule has 0 aliphatic rings. The van der Waals surface area contributed by atoms with Crippen molar-refractivity contribution < 1.29 is 4.52 Å². The van der Waals surface area contributed by atoms with Gasteiger partial charge in [0.2, 0.25) is 0 Å². The molecule has 0 radical (unpaired) electrons. The second-order valence-corrected chi connectivity index (χ2v) is 6.98. The summed E-state index contributed by atoms with van der Waals surface area (Å²) < 4.78 is 7.48. The number of rotatable bonds is 8. The van der Waals surface area contributed by atoms with Crippen LogP contribution < -0.4 is 10.6 Å². The van der Waals surface area contributed by atoms with Crippen molar-refractivity contribution in [1.29, 1.82) is 0 Å². The summed E-state index contributed by atoms with van der Waals surface area (Å²) in [4.78, 5) is 10.2. The van der Waals surface area contributed by atoms with Crippen molar-refractivity contribution in [2.24, 2.45) is 4.99 Å². The summed E-state index contributed by atoms with van der Waals surface area (Å²) in [7, 11) is 0. The Balaban J connectivity index is 1.60. The number of nitrogens with one attached hydrogen (secondary N) is 2. The summed E-state index contributed by atoms with van der Waals surface area (Å²) in [6.45, 7) is 8.27. The van der Waals surface area contributed by atoms with Crippen molar-refractivity contribution in [2.45, 2.75) is 52.6 Å². The standard InChI is InChI=1S/C18H26N6OS/c1-4-13(5-2)16-9-15(25-23-16)11-21-17(19-6-3)20-10-14-12-24-7-8-26-18(24)22-14/h7-9,12-13H,4-6,10-11H2,1-3H3,(H2,19,20,21). The molecule has 0 amide bonds. The second kappa shape index (κ2) is 8.84. The fourth-order valence-corrected chi connectivity index (χ4v) is 3.56. The number of hydrogen-bond donors (Lipinski definition) is 2. The first-order chi connectivity index (χ1) is 12.7. The highest BCUT2D eigenvalue weighted by Gasteiger charge is 2.13. The van der Waals surface area contributed by atoms with Crippen molar-refractivity contribution in [1.82, 2.24) is 25.2 Å². The van der Waals surface area contributed by atoms with Gasteiger partial charge in [0.05, 0.1) is 24.5 Å². The summed E-state index contributed by atoms with van der Waals surface area (Å²) in [6.07, 6.45) is 6.16. The first-order valence-corrected chi connectivity index (χ1v) is 10.00. The Hall–Kier alpha value is -2.35. The predicted molar refractivity (Wildman–Crippen MR) is 105 cm³/mol. The highest BCUT2D eigenvalue weighted by Crippen LogP contribution is 2.22. The van der Waals surface area contributed by atoms with E-state index in [1.807, 2.05) is 35.2 Å². The maximum atomic E-state index is 5.46. The molecule has 3 aromatic heterocycles. The van der Waals surface area contributed by atoms with E-state index in [1.165, 1.54) is 0 Å². The van der Waals surface area contributed by atoms with E-state index in [1.54, 1.807) is 11.3 Å². The van der Waals surface area contributed by atoms with Crippen LogP contribution in [0.5, 0.6) is 0 Å². The smallest absolute Gasteiger partial charge is 0.193 e. The molecule has 2 N–H and O–H groups in total. The summed E-state index contributed by atoms with van der Waals surface area (Å²) in [6, 6.07) is 2.04. The molecular formula is C18H26N6OS. The van der Waals surface area contributed by atoms with Gasteiger partial charge in [-0.3, -0.25) is 4.40 Å². The van der Waals surface area contributed by atoms with Crippen LogP contribution in [0.1, 0.15) is 56.7 Å². The van der Waals surface area contributed by atoms with E-state index in [0.717, 1.165) is 47.5 Å². The first kappa shape index (κ1) is 18.4. The molecule has 0 spiro atoms. The van der Waals surface area contributed by atoms with Gasteiger partial charge < -0.3 is 15.2 Å². The van der Waals surface area contributed by atoms with Crippen LogP contribution in [0.4, 0.5) is 0 Å². The molecule has 3 aromatic rings. The van der Waals surface area contributed by atoms with Crippen LogP contribution in [0.3, 0.4) is 0 Å². The Morgan fingerprint density at radius 3 is 2.88 bits per heavy atom. The van der Waals surface area contributed by atoms with Crippen molar-refractivity contribution in [3.05, 3.63) is 41.0 Å². The van der Waals surface area contributed by atoms with E-state index < -0.39 is 0 Å². The number of thiazole rings is 1. The SMILES string of the molecule is CCNC(=NCc1cn2ccsc2n1)NCc1cc(C(CC)CC)no1. The van der Waals surface area contributed by atoms with Gasteiger partial charge in [-0.15, -0.1) is 11.3 Å². The van der Waals surface area contributed by atoms with Crippen molar-refractivity contribution in [3.63, 3.8) is 0 Å². The molecule has 3 rings (SSSR count). The van der Waals surface area contributed by atoms with Gasteiger partial charge >= 0.3 is 0 Å². The van der Waals surface area contributed by atoms with Gasteiger partial charge in [-0.1, -0.05) is 19.0 Å². The maximum Gasteiger partial charge on any atom is 0.193 e. The van der Waals surface area contributed by atoms with Gasteiger partial charge in [0.15, 0.2) is 16.7 Å². The minimum absolute atomic E-state index is 0.462. The maximum absolute atomic E-state index is 5.46. The van der Waals surface area contributed by atoms with Crippen LogP contribution in [0.2, 0.25) is 0 Å². The van der Waals surface area contributed by atoms with Crippen LogP contribution >= 0.6 is 11.3 Å². The third-order valence-electron chi connectivity index (χ3n) is 4.30. The van der Waals surface area contributed by atoms with E-state index in [0.29, 0.717) is 19.0 Å². The molecule has 0 saturated heterocycles. The van der Waals surface area contributed by atoms with Crippen molar-refractivity contribution >= 4 is 22.3 Å². The zero-order valence-electron chi connectivity index (χ0n) is 15.5. The lowest BCUT2D eigenvalue weighted by Crippen LogP contribution is -2.36. The van der Waals surface area contributed by atoms with Gasteiger partial charge in [0, 0.05) is 36.3 Å². The molecule has 0 aromatic carbocycles. The summed E-state index contributed by atoms with van der Waals surface area (Å²) in [5.74, 6) is 2.02. The van der Waals surface area contributed by atoms with E-state index in [4.69, 9.17) is 4.52 Å². The monoisotopic (exact) mass is 374 g/mol. The lowest BCUT2D eigenvalue weighted by molar-refractivity contribution is 0.368. The van der Waals surface area contributed by atoms with E-state index >= 15 is 0 Å². The zero-order valence-corrected chi connectivity index (χ0v) is 16.3. The highest BCUT2D eigenvalue weighted by atomic mass is 32.1. The molecular weight excluding hydrogens is 348 g/mol. The van der Waals surface area contributed by atoms with Crippen LogP contribution in [-0.2, 0) is 13.1 Å².